The van der Waals surface area contributed by atoms with E-state index < -0.39 is 18.8 Å². The second-order valence-corrected chi connectivity index (χ2v) is 1.91. The fourth-order valence-corrected chi connectivity index (χ4v) is 0.687. The van der Waals surface area contributed by atoms with Gasteiger partial charge in [-0.2, -0.15) is 0 Å². The summed E-state index contributed by atoms with van der Waals surface area (Å²) in [4.78, 5) is 0. The van der Waals surface area contributed by atoms with E-state index in [1.54, 1.807) is 6.92 Å². The van der Waals surface area contributed by atoms with E-state index >= 15 is 0 Å². The van der Waals surface area contributed by atoms with E-state index in [0.29, 0.717) is 0 Å². The van der Waals surface area contributed by atoms with Gasteiger partial charge >= 0.3 is 0 Å². The standard InChI is InChI=1S/C5H8F2O2/c1-3-8-2-4(9-3)5(6)7/h3-5H,2H2,1H3. The van der Waals surface area contributed by atoms with Crippen LogP contribution in [-0.4, -0.2) is 25.4 Å². The van der Waals surface area contributed by atoms with Crippen LogP contribution in [0.25, 0.3) is 0 Å². The Morgan fingerprint density at radius 2 is 2.22 bits per heavy atom. The van der Waals surface area contributed by atoms with Crippen molar-refractivity contribution in [3.8, 4) is 0 Å². The van der Waals surface area contributed by atoms with Crippen molar-refractivity contribution in [3.63, 3.8) is 0 Å². The first-order valence-corrected chi connectivity index (χ1v) is 2.75. The molecule has 0 aromatic heterocycles. The van der Waals surface area contributed by atoms with Crippen molar-refractivity contribution in [2.24, 2.45) is 0 Å². The summed E-state index contributed by atoms with van der Waals surface area (Å²) >= 11 is 0. The molecule has 0 radical (unpaired) electrons. The number of hydrogen-bond donors (Lipinski definition) is 0. The van der Waals surface area contributed by atoms with Crippen LogP contribution in [0.4, 0.5) is 8.78 Å². The second-order valence-electron chi connectivity index (χ2n) is 1.91. The third kappa shape index (κ3) is 1.59. The maximum absolute atomic E-state index is 11.7. The fraction of sp³-hybridized carbons (Fsp3) is 1.00. The van der Waals surface area contributed by atoms with Crippen molar-refractivity contribution in [3.05, 3.63) is 0 Å². The number of halogens is 2. The molecule has 0 aromatic carbocycles. The summed E-state index contributed by atoms with van der Waals surface area (Å²) in [5.41, 5.74) is 0. The van der Waals surface area contributed by atoms with E-state index in [2.05, 4.69) is 4.74 Å². The molecule has 0 saturated carbocycles. The van der Waals surface area contributed by atoms with E-state index in [1.807, 2.05) is 0 Å². The molecule has 0 spiro atoms. The van der Waals surface area contributed by atoms with Crippen molar-refractivity contribution in [2.75, 3.05) is 6.61 Å². The minimum absolute atomic E-state index is 0.0127. The van der Waals surface area contributed by atoms with Gasteiger partial charge in [-0.25, -0.2) is 8.78 Å². The molecule has 0 N–H and O–H groups in total. The Labute approximate surface area is 51.8 Å². The first-order chi connectivity index (χ1) is 4.20. The maximum Gasteiger partial charge on any atom is 0.266 e. The molecule has 0 aromatic rings. The summed E-state index contributed by atoms with van der Waals surface area (Å²) in [5.74, 6) is 0. The van der Waals surface area contributed by atoms with Crippen LogP contribution < -0.4 is 0 Å². The van der Waals surface area contributed by atoms with Gasteiger partial charge in [-0.15, -0.1) is 0 Å². The first kappa shape index (κ1) is 6.89. The van der Waals surface area contributed by atoms with Gasteiger partial charge in [0, 0.05) is 0 Å². The molecule has 2 atom stereocenters. The lowest BCUT2D eigenvalue weighted by Crippen LogP contribution is -2.20. The molecule has 1 saturated heterocycles. The van der Waals surface area contributed by atoms with Gasteiger partial charge in [0.25, 0.3) is 6.43 Å². The fourth-order valence-electron chi connectivity index (χ4n) is 0.687. The van der Waals surface area contributed by atoms with Gasteiger partial charge < -0.3 is 9.47 Å². The van der Waals surface area contributed by atoms with E-state index in [-0.39, 0.29) is 6.61 Å². The van der Waals surface area contributed by atoms with E-state index in [9.17, 15) is 8.78 Å². The number of hydrogen-bond acceptors (Lipinski definition) is 2. The van der Waals surface area contributed by atoms with Crippen molar-refractivity contribution >= 4 is 0 Å². The van der Waals surface area contributed by atoms with Crippen molar-refractivity contribution in [1.82, 2.24) is 0 Å². The average Bonchev–Trinajstić information content (AvgIpc) is 2.14. The van der Waals surface area contributed by atoms with Crippen LogP contribution in [0, 0.1) is 0 Å². The molecule has 1 aliphatic heterocycles. The zero-order chi connectivity index (χ0) is 6.85. The zero-order valence-electron chi connectivity index (χ0n) is 5.01. The summed E-state index contributed by atoms with van der Waals surface area (Å²) in [6.07, 6.45) is -3.90. The predicted molar refractivity (Wildman–Crippen MR) is 26.3 cm³/mol. The highest BCUT2D eigenvalue weighted by molar-refractivity contribution is 4.64. The van der Waals surface area contributed by atoms with Gasteiger partial charge in [-0.05, 0) is 6.92 Å². The predicted octanol–water partition coefficient (Wildman–Crippen LogP) is 1.01. The summed E-state index contributed by atoms with van der Waals surface area (Å²) in [6.45, 7) is 1.61. The SMILES string of the molecule is CC1OCC(C(F)F)O1. The van der Waals surface area contributed by atoms with Gasteiger partial charge in [-0.3, -0.25) is 0 Å². The number of alkyl halides is 2. The molecule has 1 heterocycles. The Hall–Kier alpha value is -0.220. The molecule has 1 rings (SSSR count). The van der Waals surface area contributed by atoms with Crippen LogP contribution >= 0.6 is 0 Å². The van der Waals surface area contributed by atoms with E-state index in [0.717, 1.165) is 0 Å². The van der Waals surface area contributed by atoms with Crippen LogP contribution in [0.3, 0.4) is 0 Å². The Morgan fingerprint density at radius 3 is 2.44 bits per heavy atom. The minimum Gasteiger partial charge on any atom is -0.350 e. The van der Waals surface area contributed by atoms with Gasteiger partial charge in [0.05, 0.1) is 6.61 Å². The number of ether oxygens (including phenoxy) is 2. The lowest BCUT2D eigenvalue weighted by molar-refractivity contribution is -0.0770. The van der Waals surface area contributed by atoms with Crippen molar-refractivity contribution in [2.45, 2.75) is 25.7 Å². The molecule has 9 heavy (non-hydrogen) atoms. The number of rotatable bonds is 1. The highest BCUT2D eigenvalue weighted by atomic mass is 19.3. The quantitative estimate of drug-likeness (QED) is 0.538. The molecule has 0 bridgehead atoms. The lowest BCUT2D eigenvalue weighted by atomic mass is 10.4. The summed E-state index contributed by atoms with van der Waals surface area (Å²) in [5, 5.41) is 0. The van der Waals surface area contributed by atoms with Crippen molar-refractivity contribution in [1.29, 1.82) is 0 Å². The first-order valence-electron chi connectivity index (χ1n) is 2.75. The molecule has 2 nitrogen and oxygen atoms in total. The highest BCUT2D eigenvalue weighted by Crippen LogP contribution is 2.16. The zero-order valence-corrected chi connectivity index (χ0v) is 5.01. The minimum atomic E-state index is -2.42. The summed E-state index contributed by atoms with van der Waals surface area (Å²) < 4.78 is 32.8. The highest BCUT2D eigenvalue weighted by Gasteiger charge is 2.29. The van der Waals surface area contributed by atoms with E-state index in [1.165, 1.54) is 0 Å². The van der Waals surface area contributed by atoms with Crippen LogP contribution in [0.5, 0.6) is 0 Å². The van der Waals surface area contributed by atoms with Crippen LogP contribution in [0.2, 0.25) is 0 Å². The molecule has 0 amide bonds. The Morgan fingerprint density at radius 1 is 1.56 bits per heavy atom. The third-order valence-corrected chi connectivity index (χ3v) is 1.14. The lowest BCUT2D eigenvalue weighted by Gasteiger charge is -2.04. The smallest absolute Gasteiger partial charge is 0.266 e. The molecule has 0 aliphatic carbocycles. The van der Waals surface area contributed by atoms with Crippen LogP contribution in [0.1, 0.15) is 6.92 Å². The average molecular weight is 138 g/mol. The summed E-state index contributed by atoms with van der Waals surface area (Å²) in [7, 11) is 0. The molecular formula is C5H8F2O2. The van der Waals surface area contributed by atoms with Crippen LogP contribution in [0.15, 0.2) is 0 Å². The Balaban J connectivity index is 2.30. The van der Waals surface area contributed by atoms with Gasteiger partial charge in [-0.1, -0.05) is 0 Å². The third-order valence-electron chi connectivity index (χ3n) is 1.14. The Kier molecular flexibility index (Phi) is 1.97. The monoisotopic (exact) mass is 138 g/mol. The molecular weight excluding hydrogens is 130 g/mol. The second kappa shape index (κ2) is 2.58. The molecule has 4 heteroatoms. The van der Waals surface area contributed by atoms with E-state index in [4.69, 9.17) is 4.74 Å². The van der Waals surface area contributed by atoms with Gasteiger partial charge in [0.2, 0.25) is 0 Å². The topological polar surface area (TPSA) is 18.5 Å². The Bertz CT molecular complexity index is 97.0. The van der Waals surface area contributed by atoms with Gasteiger partial charge in [0.1, 0.15) is 6.10 Å². The molecule has 54 valence electrons. The van der Waals surface area contributed by atoms with Gasteiger partial charge in [0.15, 0.2) is 6.29 Å². The van der Waals surface area contributed by atoms with Crippen LogP contribution in [-0.2, 0) is 9.47 Å². The summed E-state index contributed by atoms with van der Waals surface area (Å²) in [6, 6.07) is 0. The molecule has 1 aliphatic rings. The largest absolute Gasteiger partial charge is 0.350 e. The molecule has 1 fully saturated rings. The normalized spacial score (nSPS) is 36.0. The van der Waals surface area contributed by atoms with Crippen molar-refractivity contribution < 1.29 is 18.3 Å². The molecule has 2 unspecified atom stereocenters. The maximum atomic E-state index is 11.7.